The monoisotopic (exact) mass is 268 g/mol. The standard InChI is InChI=1S/C12H20N4OS/c1-8-7-17-9(2)6-16(8)11-5-10(13-3)14-12(15-11)18-4/h5,8-9H,6-7H2,1-4H3,(H,13,14,15). The Morgan fingerprint density at radius 2 is 2.22 bits per heavy atom. The highest BCUT2D eigenvalue weighted by Crippen LogP contribution is 2.24. The van der Waals surface area contributed by atoms with Crippen LogP contribution in [0.4, 0.5) is 11.6 Å². The van der Waals surface area contributed by atoms with Crippen LogP contribution in [-0.4, -0.2) is 48.6 Å². The fraction of sp³-hybridized carbons (Fsp3) is 0.667. The average Bonchev–Trinajstić information content (AvgIpc) is 2.40. The molecule has 1 N–H and O–H groups in total. The summed E-state index contributed by atoms with van der Waals surface area (Å²) in [5, 5.41) is 3.88. The molecule has 1 aliphatic heterocycles. The Hall–Kier alpha value is -1.01. The Kier molecular flexibility index (Phi) is 4.29. The highest BCUT2D eigenvalue weighted by molar-refractivity contribution is 7.98. The van der Waals surface area contributed by atoms with Crippen molar-refractivity contribution in [1.29, 1.82) is 0 Å². The first-order chi connectivity index (χ1) is 8.63. The Morgan fingerprint density at radius 1 is 1.44 bits per heavy atom. The van der Waals surface area contributed by atoms with Crippen molar-refractivity contribution in [2.24, 2.45) is 0 Å². The van der Waals surface area contributed by atoms with E-state index in [4.69, 9.17) is 4.74 Å². The molecule has 0 aromatic carbocycles. The van der Waals surface area contributed by atoms with Gasteiger partial charge in [0, 0.05) is 19.7 Å². The van der Waals surface area contributed by atoms with E-state index >= 15 is 0 Å². The molecule has 100 valence electrons. The van der Waals surface area contributed by atoms with Crippen molar-refractivity contribution in [3.05, 3.63) is 6.07 Å². The van der Waals surface area contributed by atoms with Gasteiger partial charge >= 0.3 is 0 Å². The zero-order valence-electron chi connectivity index (χ0n) is 11.3. The lowest BCUT2D eigenvalue weighted by Crippen LogP contribution is -2.47. The van der Waals surface area contributed by atoms with Gasteiger partial charge in [-0.1, -0.05) is 11.8 Å². The second-order valence-electron chi connectivity index (χ2n) is 4.49. The first-order valence-electron chi connectivity index (χ1n) is 6.13. The van der Waals surface area contributed by atoms with Gasteiger partial charge in [0.2, 0.25) is 0 Å². The van der Waals surface area contributed by atoms with Crippen molar-refractivity contribution in [3.63, 3.8) is 0 Å². The third-order valence-corrected chi connectivity index (χ3v) is 3.58. The van der Waals surface area contributed by atoms with Gasteiger partial charge in [-0.25, -0.2) is 9.97 Å². The van der Waals surface area contributed by atoms with E-state index in [1.807, 2.05) is 19.4 Å². The maximum absolute atomic E-state index is 5.65. The van der Waals surface area contributed by atoms with Gasteiger partial charge in [0.25, 0.3) is 0 Å². The molecule has 2 rings (SSSR count). The Balaban J connectivity index is 2.30. The fourth-order valence-electron chi connectivity index (χ4n) is 2.00. The maximum Gasteiger partial charge on any atom is 0.191 e. The van der Waals surface area contributed by atoms with Crippen molar-refractivity contribution in [3.8, 4) is 0 Å². The van der Waals surface area contributed by atoms with Crippen LogP contribution in [0.15, 0.2) is 11.2 Å². The van der Waals surface area contributed by atoms with Crippen molar-refractivity contribution >= 4 is 23.4 Å². The molecule has 2 heterocycles. The lowest BCUT2D eigenvalue weighted by atomic mass is 10.2. The predicted octanol–water partition coefficient (Wildman–Crippen LogP) is 1.85. The second-order valence-corrected chi connectivity index (χ2v) is 5.27. The quantitative estimate of drug-likeness (QED) is 0.667. The molecule has 0 bridgehead atoms. The third-order valence-electron chi connectivity index (χ3n) is 3.03. The van der Waals surface area contributed by atoms with Crippen molar-refractivity contribution in [1.82, 2.24) is 9.97 Å². The van der Waals surface area contributed by atoms with Gasteiger partial charge < -0.3 is 15.0 Å². The predicted molar refractivity (Wildman–Crippen MR) is 75.6 cm³/mol. The molecule has 0 radical (unpaired) electrons. The van der Waals surface area contributed by atoms with E-state index in [-0.39, 0.29) is 6.10 Å². The molecule has 1 fully saturated rings. The molecule has 1 aromatic heterocycles. The number of morpholine rings is 1. The van der Waals surface area contributed by atoms with E-state index in [1.54, 1.807) is 11.8 Å². The summed E-state index contributed by atoms with van der Waals surface area (Å²) < 4.78 is 5.65. The van der Waals surface area contributed by atoms with Crippen LogP contribution in [0.5, 0.6) is 0 Å². The highest BCUT2D eigenvalue weighted by Gasteiger charge is 2.25. The number of nitrogens with one attached hydrogen (secondary N) is 1. The van der Waals surface area contributed by atoms with Crippen molar-refractivity contribution < 1.29 is 4.74 Å². The summed E-state index contributed by atoms with van der Waals surface area (Å²) in [7, 11) is 1.88. The Morgan fingerprint density at radius 3 is 2.89 bits per heavy atom. The van der Waals surface area contributed by atoms with Gasteiger partial charge in [-0.3, -0.25) is 0 Å². The summed E-state index contributed by atoms with van der Waals surface area (Å²) in [5.74, 6) is 1.83. The number of hydrogen-bond donors (Lipinski definition) is 1. The van der Waals surface area contributed by atoms with E-state index in [9.17, 15) is 0 Å². The zero-order valence-corrected chi connectivity index (χ0v) is 12.1. The SMILES string of the molecule is CNc1cc(N2CC(C)OCC2C)nc(SC)n1. The lowest BCUT2D eigenvalue weighted by Gasteiger charge is -2.37. The fourth-order valence-corrected chi connectivity index (χ4v) is 2.38. The van der Waals surface area contributed by atoms with E-state index < -0.39 is 0 Å². The van der Waals surface area contributed by atoms with E-state index in [1.165, 1.54) is 0 Å². The van der Waals surface area contributed by atoms with Crippen LogP contribution >= 0.6 is 11.8 Å². The molecule has 1 aromatic rings. The van der Waals surface area contributed by atoms with Gasteiger partial charge in [-0.2, -0.15) is 0 Å². The van der Waals surface area contributed by atoms with Gasteiger partial charge in [0.05, 0.1) is 18.8 Å². The minimum Gasteiger partial charge on any atom is -0.375 e. The first-order valence-corrected chi connectivity index (χ1v) is 7.35. The van der Waals surface area contributed by atoms with E-state index in [2.05, 4.69) is 34.0 Å². The van der Waals surface area contributed by atoms with E-state index in [0.717, 1.165) is 29.9 Å². The van der Waals surface area contributed by atoms with E-state index in [0.29, 0.717) is 6.04 Å². The molecule has 0 spiro atoms. The number of anilines is 2. The normalized spacial score (nSPS) is 24.1. The zero-order chi connectivity index (χ0) is 13.1. The number of hydrogen-bond acceptors (Lipinski definition) is 6. The summed E-state index contributed by atoms with van der Waals surface area (Å²) >= 11 is 1.56. The minimum absolute atomic E-state index is 0.243. The molecular formula is C12H20N4OS. The lowest BCUT2D eigenvalue weighted by molar-refractivity contribution is 0.0340. The molecule has 0 aliphatic carbocycles. The summed E-state index contributed by atoms with van der Waals surface area (Å²) in [4.78, 5) is 11.3. The molecular weight excluding hydrogens is 248 g/mol. The van der Waals surface area contributed by atoms with Crippen molar-refractivity contribution in [2.75, 3.05) is 36.7 Å². The maximum atomic E-state index is 5.65. The molecule has 1 saturated heterocycles. The number of aromatic nitrogens is 2. The molecule has 0 amide bonds. The number of nitrogens with zero attached hydrogens (tertiary/aromatic N) is 3. The Bertz CT molecular complexity index is 393. The van der Waals surface area contributed by atoms with Crippen LogP contribution in [0.1, 0.15) is 13.8 Å². The van der Waals surface area contributed by atoms with Crippen molar-refractivity contribution in [2.45, 2.75) is 31.1 Å². The number of rotatable bonds is 3. The van der Waals surface area contributed by atoms with Crippen LogP contribution in [0.25, 0.3) is 0 Å². The molecule has 0 saturated carbocycles. The smallest absolute Gasteiger partial charge is 0.191 e. The number of thioether (sulfide) groups is 1. The summed E-state index contributed by atoms with van der Waals surface area (Å²) in [5.41, 5.74) is 0. The molecule has 2 unspecified atom stereocenters. The minimum atomic E-state index is 0.243. The van der Waals surface area contributed by atoms with Gasteiger partial charge in [0.1, 0.15) is 11.6 Å². The Labute approximate surface area is 112 Å². The van der Waals surface area contributed by atoms with Crippen LogP contribution in [0.3, 0.4) is 0 Å². The van der Waals surface area contributed by atoms with Crippen LogP contribution < -0.4 is 10.2 Å². The highest BCUT2D eigenvalue weighted by atomic mass is 32.2. The molecule has 18 heavy (non-hydrogen) atoms. The summed E-state index contributed by atoms with van der Waals surface area (Å²) in [6.07, 6.45) is 2.23. The summed E-state index contributed by atoms with van der Waals surface area (Å²) in [6.45, 7) is 5.87. The molecule has 6 heteroatoms. The van der Waals surface area contributed by atoms with Gasteiger partial charge in [0.15, 0.2) is 5.16 Å². The van der Waals surface area contributed by atoms with Gasteiger partial charge in [-0.05, 0) is 20.1 Å². The largest absolute Gasteiger partial charge is 0.375 e. The molecule has 5 nitrogen and oxygen atoms in total. The van der Waals surface area contributed by atoms with Crippen LogP contribution in [0, 0.1) is 0 Å². The summed E-state index contributed by atoms with van der Waals surface area (Å²) in [6, 6.07) is 2.34. The third kappa shape index (κ3) is 2.87. The van der Waals surface area contributed by atoms with Crippen LogP contribution in [-0.2, 0) is 4.74 Å². The average molecular weight is 268 g/mol. The van der Waals surface area contributed by atoms with Gasteiger partial charge in [-0.15, -0.1) is 0 Å². The molecule has 2 atom stereocenters. The second kappa shape index (κ2) is 5.75. The number of ether oxygens (including phenoxy) is 1. The molecule has 1 aliphatic rings. The topological polar surface area (TPSA) is 50.3 Å². The van der Waals surface area contributed by atoms with Crippen LogP contribution in [0.2, 0.25) is 0 Å². The first kappa shape index (κ1) is 13.4.